The molecule has 9 heteroatoms. The molecule has 2 N–H and O–H groups in total. The molecule has 29 heavy (non-hydrogen) atoms. The molecule has 0 saturated heterocycles. The smallest absolute Gasteiger partial charge is 0.418 e. The van der Waals surface area contributed by atoms with Crippen molar-refractivity contribution in [1.82, 2.24) is 0 Å². The van der Waals surface area contributed by atoms with Crippen molar-refractivity contribution < 1.29 is 31.6 Å². The van der Waals surface area contributed by atoms with Crippen LogP contribution in [0.2, 0.25) is 0 Å². The maximum atomic E-state index is 13.5. The highest BCUT2D eigenvalue weighted by Gasteiger charge is 2.34. The monoisotopic (exact) mass is 406 g/mol. The quantitative estimate of drug-likeness (QED) is 0.582. The molecule has 1 aromatic heterocycles. The molecular weight excluding hydrogens is 392 g/mol. The van der Waals surface area contributed by atoms with Crippen LogP contribution in [0, 0.1) is 12.7 Å². The molecule has 2 amide bonds. The second kappa shape index (κ2) is 7.78. The van der Waals surface area contributed by atoms with Crippen molar-refractivity contribution in [1.29, 1.82) is 0 Å². The van der Waals surface area contributed by atoms with Gasteiger partial charge in [-0.05, 0) is 61.5 Å². The van der Waals surface area contributed by atoms with E-state index in [1.54, 1.807) is 6.92 Å². The fourth-order valence-electron chi connectivity index (χ4n) is 2.51. The molecule has 0 spiro atoms. The van der Waals surface area contributed by atoms with E-state index in [1.807, 2.05) is 0 Å². The highest BCUT2D eigenvalue weighted by molar-refractivity contribution is 6.05. The van der Waals surface area contributed by atoms with Gasteiger partial charge in [0.15, 0.2) is 5.76 Å². The number of amides is 2. The van der Waals surface area contributed by atoms with Crippen LogP contribution in [0.4, 0.5) is 28.9 Å². The normalized spacial score (nSPS) is 11.2. The first kappa shape index (κ1) is 20.1. The molecule has 0 fully saturated rings. The van der Waals surface area contributed by atoms with Crippen molar-refractivity contribution in [2.75, 3.05) is 10.6 Å². The maximum Gasteiger partial charge on any atom is 0.418 e. The predicted molar refractivity (Wildman–Crippen MR) is 97.2 cm³/mol. The van der Waals surface area contributed by atoms with E-state index in [4.69, 9.17) is 4.42 Å². The van der Waals surface area contributed by atoms with Gasteiger partial charge in [-0.1, -0.05) is 0 Å². The lowest BCUT2D eigenvalue weighted by Gasteiger charge is -2.15. The Morgan fingerprint density at radius 3 is 2.17 bits per heavy atom. The highest BCUT2D eigenvalue weighted by Crippen LogP contribution is 2.37. The fourth-order valence-corrected chi connectivity index (χ4v) is 2.51. The molecule has 3 aromatic rings. The van der Waals surface area contributed by atoms with Crippen LogP contribution in [0.5, 0.6) is 0 Å². The summed E-state index contributed by atoms with van der Waals surface area (Å²) in [5.41, 5.74) is -1.70. The SMILES string of the molecule is Cc1ccc(C(=O)Nc2ccc(NC(=O)c3ccc(F)cc3)cc2C(F)(F)F)o1. The predicted octanol–water partition coefficient (Wildman–Crippen LogP) is 5.25. The fraction of sp³-hybridized carbons (Fsp3) is 0.100. The molecular formula is C20H14F4N2O3. The number of hydrogen-bond donors (Lipinski definition) is 2. The van der Waals surface area contributed by atoms with E-state index in [0.29, 0.717) is 11.8 Å². The summed E-state index contributed by atoms with van der Waals surface area (Å²) < 4.78 is 58.4. The van der Waals surface area contributed by atoms with Gasteiger partial charge in [-0.2, -0.15) is 13.2 Å². The zero-order valence-electron chi connectivity index (χ0n) is 14.9. The van der Waals surface area contributed by atoms with Crippen LogP contribution in [-0.2, 0) is 6.18 Å². The number of benzene rings is 2. The zero-order chi connectivity index (χ0) is 21.2. The molecule has 0 unspecified atom stereocenters. The number of carbonyl (C=O) groups excluding carboxylic acids is 2. The molecule has 0 aliphatic carbocycles. The highest BCUT2D eigenvalue weighted by atomic mass is 19.4. The van der Waals surface area contributed by atoms with Gasteiger partial charge in [0.05, 0.1) is 11.3 Å². The minimum atomic E-state index is -4.79. The Morgan fingerprint density at radius 2 is 1.59 bits per heavy atom. The van der Waals surface area contributed by atoms with Gasteiger partial charge in [0.2, 0.25) is 0 Å². The molecule has 5 nitrogen and oxygen atoms in total. The van der Waals surface area contributed by atoms with Gasteiger partial charge >= 0.3 is 6.18 Å². The Kier molecular flexibility index (Phi) is 5.40. The van der Waals surface area contributed by atoms with Gasteiger partial charge in [-0.3, -0.25) is 9.59 Å². The van der Waals surface area contributed by atoms with Crippen molar-refractivity contribution in [3.8, 4) is 0 Å². The number of aryl methyl sites for hydroxylation is 1. The van der Waals surface area contributed by atoms with E-state index in [2.05, 4.69) is 10.6 Å². The molecule has 0 radical (unpaired) electrons. The van der Waals surface area contributed by atoms with Crippen molar-refractivity contribution >= 4 is 23.2 Å². The average Bonchev–Trinajstić information content (AvgIpc) is 3.09. The lowest BCUT2D eigenvalue weighted by atomic mass is 10.1. The molecule has 2 aromatic carbocycles. The molecule has 150 valence electrons. The largest absolute Gasteiger partial charge is 0.456 e. The lowest BCUT2D eigenvalue weighted by molar-refractivity contribution is -0.136. The lowest BCUT2D eigenvalue weighted by Crippen LogP contribution is -2.17. The molecule has 0 saturated carbocycles. The summed E-state index contributed by atoms with van der Waals surface area (Å²) in [7, 11) is 0. The van der Waals surface area contributed by atoms with Crippen LogP contribution < -0.4 is 10.6 Å². The van der Waals surface area contributed by atoms with Gasteiger partial charge in [-0.15, -0.1) is 0 Å². The van der Waals surface area contributed by atoms with Crippen LogP contribution in [-0.4, -0.2) is 11.8 Å². The Hall–Kier alpha value is -3.62. The standard InChI is InChI=1S/C20H14F4N2O3/c1-11-2-9-17(29-11)19(28)26-16-8-7-14(10-15(16)20(22,23)24)25-18(27)12-3-5-13(21)6-4-12/h2-10H,1H3,(H,25,27)(H,26,28). The third kappa shape index (κ3) is 4.81. The second-order valence-corrected chi connectivity index (χ2v) is 6.08. The number of rotatable bonds is 4. The summed E-state index contributed by atoms with van der Waals surface area (Å²) in [6, 6.07) is 10.3. The third-order valence-corrected chi connectivity index (χ3v) is 3.90. The first-order chi connectivity index (χ1) is 13.6. The number of halogens is 4. The van der Waals surface area contributed by atoms with E-state index >= 15 is 0 Å². The Labute approximate surface area is 162 Å². The van der Waals surface area contributed by atoms with Crippen molar-refractivity contribution in [3.63, 3.8) is 0 Å². The van der Waals surface area contributed by atoms with Gasteiger partial charge in [0, 0.05) is 11.3 Å². The van der Waals surface area contributed by atoms with E-state index in [9.17, 15) is 27.2 Å². The van der Waals surface area contributed by atoms with E-state index in [-0.39, 0.29) is 17.0 Å². The van der Waals surface area contributed by atoms with Crippen LogP contribution in [0.25, 0.3) is 0 Å². The summed E-state index contributed by atoms with van der Waals surface area (Å²) in [5.74, 6) is -1.80. The number of hydrogen-bond acceptors (Lipinski definition) is 3. The number of nitrogens with one attached hydrogen (secondary N) is 2. The van der Waals surface area contributed by atoms with Crippen LogP contribution in [0.1, 0.15) is 32.2 Å². The summed E-state index contributed by atoms with van der Waals surface area (Å²) in [4.78, 5) is 24.2. The van der Waals surface area contributed by atoms with Crippen LogP contribution in [0.15, 0.2) is 59.0 Å². The zero-order valence-corrected chi connectivity index (χ0v) is 14.9. The molecule has 0 bridgehead atoms. The van der Waals surface area contributed by atoms with E-state index in [1.165, 1.54) is 30.3 Å². The van der Waals surface area contributed by atoms with Crippen LogP contribution >= 0.6 is 0 Å². The number of alkyl halides is 3. The average molecular weight is 406 g/mol. The van der Waals surface area contributed by atoms with Gasteiger partial charge in [-0.25, -0.2) is 4.39 Å². The summed E-state index contributed by atoms with van der Waals surface area (Å²) in [6.45, 7) is 1.59. The summed E-state index contributed by atoms with van der Waals surface area (Å²) in [5, 5.41) is 4.47. The van der Waals surface area contributed by atoms with Gasteiger partial charge in [0.25, 0.3) is 11.8 Å². The first-order valence-corrected chi connectivity index (χ1v) is 8.29. The third-order valence-electron chi connectivity index (χ3n) is 3.90. The summed E-state index contributed by atoms with van der Waals surface area (Å²) >= 11 is 0. The number of carbonyl (C=O) groups is 2. The van der Waals surface area contributed by atoms with E-state index in [0.717, 1.165) is 18.2 Å². The van der Waals surface area contributed by atoms with Crippen LogP contribution in [0.3, 0.4) is 0 Å². The Balaban J connectivity index is 1.85. The number of anilines is 2. The van der Waals surface area contributed by atoms with Gasteiger partial charge < -0.3 is 15.1 Å². The minimum absolute atomic E-state index is 0.0746. The second-order valence-electron chi connectivity index (χ2n) is 6.08. The molecule has 0 aliphatic rings. The van der Waals surface area contributed by atoms with Gasteiger partial charge in [0.1, 0.15) is 11.6 Å². The molecule has 1 heterocycles. The summed E-state index contributed by atoms with van der Waals surface area (Å²) in [6.07, 6.45) is -4.79. The Bertz CT molecular complexity index is 1060. The van der Waals surface area contributed by atoms with Crippen molar-refractivity contribution in [2.45, 2.75) is 13.1 Å². The van der Waals surface area contributed by atoms with Crippen molar-refractivity contribution in [3.05, 3.63) is 83.1 Å². The minimum Gasteiger partial charge on any atom is -0.456 e. The first-order valence-electron chi connectivity index (χ1n) is 8.29. The van der Waals surface area contributed by atoms with E-state index < -0.39 is 35.1 Å². The topological polar surface area (TPSA) is 71.3 Å². The molecule has 0 atom stereocenters. The maximum absolute atomic E-state index is 13.5. The Morgan fingerprint density at radius 1 is 0.897 bits per heavy atom. The molecule has 0 aliphatic heterocycles. The van der Waals surface area contributed by atoms with Crippen molar-refractivity contribution in [2.24, 2.45) is 0 Å². The molecule has 3 rings (SSSR count). The number of furan rings is 1.